The molecule has 0 bridgehead atoms. The maximum Gasteiger partial charge on any atom is 0.187 e. The van der Waals surface area contributed by atoms with E-state index in [0.717, 1.165) is 0 Å². The maximum absolute atomic E-state index is 3.42. The first-order valence-electron chi connectivity index (χ1n) is 1.30. The second-order valence-corrected chi connectivity index (χ2v) is 0.660. The minimum absolute atomic E-state index is 0. The van der Waals surface area contributed by atoms with Crippen LogP contribution in [0, 0.1) is 0 Å². The topological polar surface area (TPSA) is 41.6 Å². The van der Waals surface area contributed by atoms with Gasteiger partial charge in [0.25, 0.3) is 0 Å². The van der Waals surface area contributed by atoms with E-state index in [-0.39, 0.29) is 17.4 Å². The molecule has 0 amide bonds. The molecule has 0 fully saturated rings. The van der Waals surface area contributed by atoms with Crippen LogP contribution in [0.3, 0.4) is 0 Å². The van der Waals surface area contributed by atoms with Gasteiger partial charge in [-0.2, -0.15) is 0 Å². The number of nitrogens with zero attached hydrogens (tertiary/aromatic N) is 2. The fraction of sp³-hybridized carbons (Fsp3) is 0. The number of rotatable bonds is 0. The van der Waals surface area contributed by atoms with Crippen molar-refractivity contribution in [2.75, 3.05) is 0 Å². The summed E-state index contributed by atoms with van der Waals surface area (Å²) in [7, 11) is 0. The summed E-state index contributed by atoms with van der Waals surface area (Å²) in [5.41, 5.74) is 0. The van der Waals surface area contributed by atoms with Crippen LogP contribution in [0.2, 0.25) is 0 Å². The summed E-state index contributed by atoms with van der Waals surface area (Å²) in [4.78, 5) is 0. The van der Waals surface area contributed by atoms with Crippen LogP contribution in [-0.4, -0.2) is 32.8 Å². The Morgan fingerprint density at radius 1 is 1.50 bits per heavy atom. The average molecular weight is 99.1 g/mol. The van der Waals surface area contributed by atoms with Crippen molar-refractivity contribution in [2.24, 2.45) is 0 Å². The normalized spacial score (nSPS) is 6.67. The van der Waals surface area contributed by atoms with Crippen LogP contribution in [-0.2, 0) is 0 Å². The molecule has 3 nitrogen and oxygen atoms in total. The van der Waals surface area contributed by atoms with Gasteiger partial charge in [-0.15, -0.1) is 5.10 Å². The van der Waals surface area contributed by atoms with Crippen LogP contribution in [0.25, 0.3) is 0 Å². The highest BCUT2D eigenvalue weighted by atomic mass is 27.0. The molecule has 6 heavy (non-hydrogen) atoms. The number of nitrogens with one attached hydrogen (secondary N) is 1. The lowest BCUT2D eigenvalue weighted by molar-refractivity contribution is 0.940. The monoisotopic (exact) mass is 99.0 g/mol. The van der Waals surface area contributed by atoms with Crippen LogP contribution in [0.1, 0.15) is 0 Å². The van der Waals surface area contributed by atoms with E-state index >= 15 is 0 Å². The minimum Gasteiger partial charge on any atom is -0.266 e. The SMILES string of the molecule is [AlH3].c1c[nH]nn1. The van der Waals surface area contributed by atoms with E-state index in [1.807, 2.05) is 0 Å². The highest BCUT2D eigenvalue weighted by Gasteiger charge is 1.57. The summed E-state index contributed by atoms with van der Waals surface area (Å²) < 4.78 is 0. The van der Waals surface area contributed by atoms with Gasteiger partial charge in [-0.05, 0) is 0 Å². The van der Waals surface area contributed by atoms with Crippen molar-refractivity contribution in [1.82, 2.24) is 15.4 Å². The summed E-state index contributed by atoms with van der Waals surface area (Å²) in [6, 6.07) is 0. The number of H-pyrrole nitrogens is 1. The fourth-order valence-corrected chi connectivity index (χ4v) is 0.167. The standard InChI is InChI=1S/C2H3N3.Al.3H/c1-2-4-5-3-1;;;;/h1-2H,(H,3,4,5);;;;. The highest BCUT2D eigenvalue weighted by molar-refractivity contribution is 5.75. The molecule has 0 unspecified atom stereocenters. The van der Waals surface area contributed by atoms with Crippen LogP contribution in [0.15, 0.2) is 12.4 Å². The molecule has 1 aromatic heterocycles. The van der Waals surface area contributed by atoms with Crippen LogP contribution in [0.4, 0.5) is 0 Å². The van der Waals surface area contributed by atoms with Crippen molar-refractivity contribution in [3.8, 4) is 0 Å². The Morgan fingerprint density at radius 2 is 2.33 bits per heavy atom. The minimum atomic E-state index is 0. The second kappa shape index (κ2) is 2.89. The molecular formula is C2H6AlN3. The smallest absolute Gasteiger partial charge is 0.187 e. The lowest BCUT2D eigenvalue weighted by Crippen LogP contribution is -1.61. The van der Waals surface area contributed by atoms with E-state index in [4.69, 9.17) is 0 Å². The molecule has 32 valence electrons. The molecule has 1 heterocycles. The summed E-state index contributed by atoms with van der Waals surface area (Å²) in [5.74, 6) is 0. The van der Waals surface area contributed by atoms with E-state index in [9.17, 15) is 0 Å². The zero-order valence-electron chi connectivity index (χ0n) is 2.55. The van der Waals surface area contributed by atoms with E-state index in [0.29, 0.717) is 0 Å². The molecule has 0 aliphatic heterocycles. The Bertz CT molecular complexity index is 65.3. The van der Waals surface area contributed by atoms with Gasteiger partial charge in [0.05, 0.1) is 6.20 Å². The molecule has 0 aliphatic carbocycles. The van der Waals surface area contributed by atoms with Crippen molar-refractivity contribution in [3.63, 3.8) is 0 Å². The van der Waals surface area contributed by atoms with E-state index in [1.54, 1.807) is 12.4 Å². The summed E-state index contributed by atoms with van der Waals surface area (Å²) >= 11 is 0. The molecule has 0 atom stereocenters. The third kappa shape index (κ3) is 1.20. The molecular weight excluding hydrogens is 93.0 g/mol. The third-order valence-corrected chi connectivity index (χ3v) is 0.331. The predicted molar refractivity (Wildman–Crippen MR) is 26.3 cm³/mol. The Morgan fingerprint density at radius 3 is 2.50 bits per heavy atom. The Hall–Kier alpha value is -0.328. The Labute approximate surface area is 45.9 Å². The fourth-order valence-electron chi connectivity index (χ4n) is 0.167. The molecule has 0 radical (unpaired) electrons. The number of hydrogen-bond donors (Lipinski definition) is 1. The maximum atomic E-state index is 3.42. The number of hydrogen-bond acceptors (Lipinski definition) is 2. The predicted octanol–water partition coefficient (Wildman–Crippen LogP) is -1.38. The van der Waals surface area contributed by atoms with Gasteiger partial charge in [-0.3, -0.25) is 5.10 Å². The average Bonchev–Trinajstić information content (AvgIpc) is 1.76. The van der Waals surface area contributed by atoms with E-state index in [1.165, 1.54) is 0 Å². The number of aromatic nitrogens is 3. The molecule has 1 aromatic rings. The van der Waals surface area contributed by atoms with Gasteiger partial charge in [0.15, 0.2) is 17.4 Å². The van der Waals surface area contributed by atoms with Gasteiger partial charge in [0.1, 0.15) is 0 Å². The zero-order valence-corrected chi connectivity index (χ0v) is 2.55. The molecule has 0 saturated carbocycles. The van der Waals surface area contributed by atoms with Gasteiger partial charge in [-0.25, -0.2) is 0 Å². The molecule has 4 heteroatoms. The quantitative estimate of drug-likeness (QED) is 0.407. The van der Waals surface area contributed by atoms with Gasteiger partial charge >= 0.3 is 0 Å². The van der Waals surface area contributed by atoms with Crippen LogP contribution >= 0.6 is 0 Å². The molecule has 0 aliphatic rings. The van der Waals surface area contributed by atoms with Crippen molar-refractivity contribution in [2.45, 2.75) is 0 Å². The van der Waals surface area contributed by atoms with Crippen LogP contribution < -0.4 is 0 Å². The first kappa shape index (κ1) is 5.67. The second-order valence-electron chi connectivity index (χ2n) is 0.660. The number of aromatic amines is 1. The molecule has 1 N–H and O–H groups in total. The summed E-state index contributed by atoms with van der Waals surface area (Å²) in [6.07, 6.45) is 3.24. The van der Waals surface area contributed by atoms with Crippen molar-refractivity contribution in [3.05, 3.63) is 12.4 Å². The molecule has 0 spiro atoms. The Balaban J connectivity index is 0.000000250. The highest BCUT2D eigenvalue weighted by Crippen LogP contribution is 1.55. The van der Waals surface area contributed by atoms with Gasteiger partial charge in [0.2, 0.25) is 0 Å². The lowest BCUT2D eigenvalue weighted by Gasteiger charge is -1.46. The van der Waals surface area contributed by atoms with Gasteiger partial charge in [-0.1, -0.05) is 5.21 Å². The van der Waals surface area contributed by atoms with Crippen LogP contribution in [0.5, 0.6) is 0 Å². The third-order valence-electron chi connectivity index (χ3n) is 0.331. The summed E-state index contributed by atoms with van der Waals surface area (Å²) in [5, 5.41) is 9.26. The molecule has 0 saturated heterocycles. The summed E-state index contributed by atoms with van der Waals surface area (Å²) in [6.45, 7) is 0. The van der Waals surface area contributed by atoms with Crippen molar-refractivity contribution >= 4 is 17.4 Å². The molecule has 0 aromatic carbocycles. The Kier molecular flexibility index (Phi) is 2.73. The van der Waals surface area contributed by atoms with E-state index < -0.39 is 0 Å². The zero-order chi connectivity index (χ0) is 3.54. The molecule has 1 rings (SSSR count). The van der Waals surface area contributed by atoms with E-state index in [2.05, 4.69) is 15.4 Å². The first-order chi connectivity index (χ1) is 2.50. The largest absolute Gasteiger partial charge is 0.266 e. The van der Waals surface area contributed by atoms with Gasteiger partial charge < -0.3 is 0 Å². The van der Waals surface area contributed by atoms with Crippen molar-refractivity contribution in [1.29, 1.82) is 0 Å². The van der Waals surface area contributed by atoms with Gasteiger partial charge in [0, 0.05) is 6.20 Å². The lowest BCUT2D eigenvalue weighted by atomic mass is 11.0. The van der Waals surface area contributed by atoms with Crippen molar-refractivity contribution < 1.29 is 0 Å². The first-order valence-corrected chi connectivity index (χ1v) is 1.30.